The smallest absolute Gasteiger partial charge is 0.0991 e. The first-order valence-corrected chi connectivity index (χ1v) is 6.58. The van der Waals surface area contributed by atoms with E-state index in [9.17, 15) is 0 Å². The molecular formula is C15H20N2O. The first-order valence-electron chi connectivity index (χ1n) is 6.58. The van der Waals surface area contributed by atoms with Gasteiger partial charge in [0.1, 0.15) is 0 Å². The second-order valence-corrected chi connectivity index (χ2v) is 4.86. The first kappa shape index (κ1) is 13.1. The van der Waals surface area contributed by atoms with Crippen molar-refractivity contribution in [1.29, 1.82) is 5.26 Å². The number of nitriles is 1. The lowest BCUT2D eigenvalue weighted by Crippen LogP contribution is -2.42. The third-order valence-electron chi connectivity index (χ3n) is 3.63. The van der Waals surface area contributed by atoms with Gasteiger partial charge in [-0.05, 0) is 30.5 Å². The predicted molar refractivity (Wildman–Crippen MR) is 71.0 cm³/mol. The molecule has 1 aromatic carbocycles. The van der Waals surface area contributed by atoms with Crippen molar-refractivity contribution in [1.82, 2.24) is 5.32 Å². The van der Waals surface area contributed by atoms with Gasteiger partial charge in [0.15, 0.2) is 0 Å². The summed E-state index contributed by atoms with van der Waals surface area (Å²) in [6.07, 6.45) is 5.19. The van der Waals surface area contributed by atoms with Gasteiger partial charge in [-0.3, -0.25) is 0 Å². The van der Waals surface area contributed by atoms with Crippen molar-refractivity contribution in [3.8, 4) is 6.07 Å². The van der Waals surface area contributed by atoms with Crippen LogP contribution in [0.5, 0.6) is 0 Å². The quantitative estimate of drug-likeness (QED) is 0.885. The van der Waals surface area contributed by atoms with Gasteiger partial charge in [-0.15, -0.1) is 0 Å². The van der Waals surface area contributed by atoms with E-state index in [4.69, 9.17) is 10.00 Å². The van der Waals surface area contributed by atoms with Gasteiger partial charge in [0.25, 0.3) is 0 Å². The summed E-state index contributed by atoms with van der Waals surface area (Å²) in [7, 11) is 1.79. The molecule has 0 heterocycles. The highest BCUT2D eigenvalue weighted by Crippen LogP contribution is 2.21. The van der Waals surface area contributed by atoms with Crippen LogP contribution in [0, 0.1) is 11.3 Å². The lowest BCUT2D eigenvalue weighted by Gasteiger charge is -2.31. The normalized spacial score (nSPS) is 23.6. The molecule has 0 amide bonds. The minimum Gasteiger partial charge on any atom is -0.380 e. The third-order valence-corrected chi connectivity index (χ3v) is 3.63. The van der Waals surface area contributed by atoms with Gasteiger partial charge in [-0.2, -0.15) is 5.26 Å². The van der Waals surface area contributed by atoms with E-state index >= 15 is 0 Å². The molecule has 3 nitrogen and oxygen atoms in total. The van der Waals surface area contributed by atoms with E-state index in [1.807, 2.05) is 18.2 Å². The van der Waals surface area contributed by atoms with Crippen LogP contribution in [0.4, 0.5) is 0 Å². The van der Waals surface area contributed by atoms with Crippen molar-refractivity contribution in [2.24, 2.45) is 0 Å². The number of benzene rings is 1. The Morgan fingerprint density at radius 1 is 1.39 bits per heavy atom. The Bertz CT molecular complexity index is 425. The Balaban J connectivity index is 1.91. The molecule has 0 bridgehead atoms. The summed E-state index contributed by atoms with van der Waals surface area (Å²) in [4.78, 5) is 0. The van der Waals surface area contributed by atoms with Crippen LogP contribution >= 0.6 is 0 Å². The lowest BCUT2D eigenvalue weighted by molar-refractivity contribution is 0.0413. The second kappa shape index (κ2) is 6.53. The maximum atomic E-state index is 8.87. The summed E-state index contributed by atoms with van der Waals surface area (Å²) < 4.78 is 5.52. The third kappa shape index (κ3) is 3.32. The number of nitrogens with one attached hydrogen (secondary N) is 1. The fourth-order valence-corrected chi connectivity index (χ4v) is 2.61. The average Bonchev–Trinajstić information content (AvgIpc) is 2.45. The molecule has 0 spiro atoms. The highest BCUT2D eigenvalue weighted by molar-refractivity contribution is 5.32. The second-order valence-electron chi connectivity index (χ2n) is 4.86. The Morgan fingerprint density at radius 3 is 3.00 bits per heavy atom. The molecule has 18 heavy (non-hydrogen) atoms. The molecule has 3 heteroatoms. The molecule has 0 radical (unpaired) electrons. The number of hydrogen-bond donors (Lipinski definition) is 1. The van der Waals surface area contributed by atoms with Crippen molar-refractivity contribution in [2.45, 2.75) is 44.4 Å². The fraction of sp³-hybridized carbons (Fsp3) is 0.533. The monoisotopic (exact) mass is 244 g/mol. The molecule has 2 unspecified atom stereocenters. The Kier molecular flexibility index (Phi) is 4.74. The zero-order valence-electron chi connectivity index (χ0n) is 10.9. The summed E-state index contributed by atoms with van der Waals surface area (Å²) >= 11 is 0. The van der Waals surface area contributed by atoms with Crippen LogP contribution in [0.3, 0.4) is 0 Å². The van der Waals surface area contributed by atoms with E-state index < -0.39 is 0 Å². The summed E-state index contributed by atoms with van der Waals surface area (Å²) in [5, 5.41) is 12.4. The predicted octanol–water partition coefficient (Wildman–Crippen LogP) is 2.61. The number of nitrogens with zero attached hydrogens (tertiary/aromatic N) is 1. The van der Waals surface area contributed by atoms with E-state index in [2.05, 4.69) is 17.5 Å². The SMILES string of the molecule is COC1CCCCC1NCc1cccc(C#N)c1. The molecule has 1 aliphatic carbocycles. The zero-order valence-corrected chi connectivity index (χ0v) is 10.9. The summed E-state index contributed by atoms with van der Waals surface area (Å²) in [5.41, 5.74) is 1.88. The molecule has 1 N–H and O–H groups in total. The highest BCUT2D eigenvalue weighted by Gasteiger charge is 2.23. The molecule has 1 fully saturated rings. The maximum absolute atomic E-state index is 8.87. The van der Waals surface area contributed by atoms with Crippen molar-refractivity contribution in [2.75, 3.05) is 7.11 Å². The lowest BCUT2D eigenvalue weighted by atomic mass is 9.92. The minimum absolute atomic E-state index is 0.331. The summed E-state index contributed by atoms with van der Waals surface area (Å²) in [6.45, 7) is 0.806. The van der Waals surface area contributed by atoms with E-state index in [0.29, 0.717) is 12.1 Å². The van der Waals surface area contributed by atoms with Gasteiger partial charge in [0.2, 0.25) is 0 Å². The highest BCUT2D eigenvalue weighted by atomic mass is 16.5. The molecule has 2 rings (SSSR count). The van der Waals surface area contributed by atoms with Crippen LogP contribution in [0.25, 0.3) is 0 Å². The standard InChI is InChI=1S/C15H20N2O/c1-18-15-8-3-2-7-14(15)17-11-13-6-4-5-12(9-13)10-16/h4-6,9,14-15,17H,2-3,7-8,11H2,1H3. The molecule has 96 valence electrons. The molecule has 1 aromatic rings. The number of methoxy groups -OCH3 is 1. The van der Waals surface area contributed by atoms with Crippen molar-refractivity contribution < 1.29 is 4.74 Å². The topological polar surface area (TPSA) is 45.0 Å². The number of ether oxygens (including phenoxy) is 1. The Morgan fingerprint density at radius 2 is 2.22 bits per heavy atom. The van der Waals surface area contributed by atoms with E-state index in [1.54, 1.807) is 7.11 Å². The van der Waals surface area contributed by atoms with Gasteiger partial charge in [0, 0.05) is 19.7 Å². The van der Waals surface area contributed by atoms with Gasteiger partial charge >= 0.3 is 0 Å². The summed E-state index contributed by atoms with van der Waals surface area (Å²) in [5.74, 6) is 0. The average molecular weight is 244 g/mol. The van der Waals surface area contributed by atoms with Crippen molar-refractivity contribution in [3.63, 3.8) is 0 Å². The van der Waals surface area contributed by atoms with Gasteiger partial charge < -0.3 is 10.1 Å². The largest absolute Gasteiger partial charge is 0.380 e. The summed E-state index contributed by atoms with van der Waals surface area (Å²) in [6, 6.07) is 10.4. The zero-order chi connectivity index (χ0) is 12.8. The van der Waals surface area contributed by atoms with E-state index in [-0.39, 0.29) is 0 Å². The number of hydrogen-bond acceptors (Lipinski definition) is 3. The first-order chi connectivity index (χ1) is 8.83. The van der Waals surface area contributed by atoms with Crippen molar-refractivity contribution in [3.05, 3.63) is 35.4 Å². The van der Waals surface area contributed by atoms with Crippen LogP contribution in [-0.2, 0) is 11.3 Å². The molecule has 1 aliphatic rings. The minimum atomic E-state index is 0.331. The van der Waals surface area contributed by atoms with Crippen LogP contribution in [-0.4, -0.2) is 19.3 Å². The Labute approximate surface area is 109 Å². The molecule has 0 aromatic heterocycles. The maximum Gasteiger partial charge on any atom is 0.0991 e. The van der Waals surface area contributed by atoms with Gasteiger partial charge in [-0.1, -0.05) is 25.0 Å². The van der Waals surface area contributed by atoms with Crippen LogP contribution < -0.4 is 5.32 Å². The molecular weight excluding hydrogens is 224 g/mol. The molecule has 0 saturated heterocycles. The van der Waals surface area contributed by atoms with Gasteiger partial charge in [-0.25, -0.2) is 0 Å². The van der Waals surface area contributed by atoms with Crippen LogP contribution in [0.2, 0.25) is 0 Å². The Hall–Kier alpha value is -1.37. The van der Waals surface area contributed by atoms with E-state index in [1.165, 1.54) is 19.3 Å². The van der Waals surface area contributed by atoms with Crippen LogP contribution in [0.15, 0.2) is 24.3 Å². The van der Waals surface area contributed by atoms with Gasteiger partial charge in [0.05, 0.1) is 17.7 Å². The fourth-order valence-electron chi connectivity index (χ4n) is 2.61. The van der Waals surface area contributed by atoms with E-state index in [0.717, 1.165) is 24.1 Å². The molecule has 0 aliphatic heterocycles. The number of rotatable bonds is 4. The molecule has 1 saturated carbocycles. The van der Waals surface area contributed by atoms with Crippen LogP contribution in [0.1, 0.15) is 36.8 Å². The van der Waals surface area contributed by atoms with Crippen molar-refractivity contribution >= 4 is 0 Å². The molecule has 2 atom stereocenters.